The zero-order chi connectivity index (χ0) is 14.0. The van der Waals surface area contributed by atoms with Crippen molar-refractivity contribution < 1.29 is 9.90 Å². The van der Waals surface area contributed by atoms with Crippen LogP contribution in [0, 0.1) is 12.8 Å². The van der Waals surface area contributed by atoms with Crippen molar-refractivity contribution in [1.29, 1.82) is 0 Å². The van der Waals surface area contributed by atoms with Crippen molar-refractivity contribution >= 4 is 11.9 Å². The molecule has 1 aromatic heterocycles. The van der Waals surface area contributed by atoms with Gasteiger partial charge in [-0.25, -0.2) is 9.97 Å². The van der Waals surface area contributed by atoms with E-state index in [9.17, 15) is 9.90 Å². The minimum Gasteiger partial charge on any atom is -0.481 e. The molecule has 0 radical (unpaired) electrons. The molecule has 0 aromatic carbocycles. The normalized spacial score (nSPS) is 22.7. The number of anilines is 1. The Balaban J connectivity index is 2.16. The van der Waals surface area contributed by atoms with E-state index < -0.39 is 5.97 Å². The average Bonchev–Trinajstić information content (AvgIpc) is 2.76. The SMILES string of the molecule is Cc1cc(C(C)C)nc(NC2CCCC2C(=O)O)n1. The number of nitrogens with zero attached hydrogens (tertiary/aromatic N) is 2. The van der Waals surface area contributed by atoms with Gasteiger partial charge in [-0.3, -0.25) is 4.79 Å². The number of rotatable bonds is 4. The van der Waals surface area contributed by atoms with E-state index in [0.29, 0.717) is 11.9 Å². The first-order valence-corrected chi connectivity index (χ1v) is 6.82. The molecule has 0 bridgehead atoms. The highest BCUT2D eigenvalue weighted by Gasteiger charge is 2.33. The zero-order valence-corrected chi connectivity index (χ0v) is 11.7. The quantitative estimate of drug-likeness (QED) is 0.873. The van der Waals surface area contributed by atoms with E-state index in [1.54, 1.807) is 0 Å². The van der Waals surface area contributed by atoms with Crippen molar-refractivity contribution in [2.45, 2.75) is 52.0 Å². The van der Waals surface area contributed by atoms with E-state index in [1.165, 1.54) is 0 Å². The fraction of sp³-hybridized carbons (Fsp3) is 0.643. The third-order valence-electron chi connectivity index (χ3n) is 3.61. The molecule has 2 N–H and O–H groups in total. The van der Waals surface area contributed by atoms with E-state index in [0.717, 1.165) is 30.7 Å². The zero-order valence-electron chi connectivity index (χ0n) is 11.7. The van der Waals surface area contributed by atoms with Crippen molar-refractivity contribution in [2.24, 2.45) is 5.92 Å². The van der Waals surface area contributed by atoms with Crippen LogP contribution in [0.2, 0.25) is 0 Å². The Morgan fingerprint density at radius 2 is 2.16 bits per heavy atom. The molecule has 0 spiro atoms. The molecule has 2 atom stereocenters. The van der Waals surface area contributed by atoms with Gasteiger partial charge in [0.1, 0.15) is 0 Å². The summed E-state index contributed by atoms with van der Waals surface area (Å²) in [6.45, 7) is 6.10. The van der Waals surface area contributed by atoms with Gasteiger partial charge in [0.05, 0.1) is 5.92 Å². The smallest absolute Gasteiger partial charge is 0.308 e. The van der Waals surface area contributed by atoms with Crippen LogP contribution in [0.25, 0.3) is 0 Å². The molecule has 1 fully saturated rings. The summed E-state index contributed by atoms with van der Waals surface area (Å²) < 4.78 is 0. The lowest BCUT2D eigenvalue weighted by Gasteiger charge is -2.18. The van der Waals surface area contributed by atoms with Gasteiger partial charge in [0, 0.05) is 17.4 Å². The molecule has 1 saturated carbocycles. The number of carboxylic acids is 1. The molecule has 1 aliphatic rings. The Kier molecular flexibility index (Phi) is 4.02. The number of nitrogens with one attached hydrogen (secondary N) is 1. The van der Waals surface area contributed by atoms with Gasteiger partial charge >= 0.3 is 5.97 Å². The summed E-state index contributed by atoms with van der Waals surface area (Å²) in [7, 11) is 0. The summed E-state index contributed by atoms with van der Waals surface area (Å²) in [5.74, 6) is -0.165. The molecule has 2 unspecified atom stereocenters. The summed E-state index contributed by atoms with van der Waals surface area (Å²) in [6.07, 6.45) is 2.54. The molecular formula is C14H21N3O2. The summed E-state index contributed by atoms with van der Waals surface area (Å²) in [5, 5.41) is 12.4. The molecule has 0 amide bonds. The molecule has 5 heteroatoms. The van der Waals surface area contributed by atoms with Gasteiger partial charge in [0.2, 0.25) is 5.95 Å². The number of carboxylic acid groups (broad SMARTS) is 1. The number of hydrogen-bond acceptors (Lipinski definition) is 4. The Bertz CT molecular complexity index is 474. The molecule has 1 aromatic rings. The van der Waals surface area contributed by atoms with Crippen molar-refractivity contribution in [3.8, 4) is 0 Å². The number of aliphatic carboxylic acids is 1. The minimum absolute atomic E-state index is 0.0562. The predicted octanol–water partition coefficient (Wildman–Crippen LogP) is 2.57. The van der Waals surface area contributed by atoms with Gasteiger partial charge in [0.15, 0.2) is 0 Å². The lowest BCUT2D eigenvalue weighted by atomic mass is 10.0. The Labute approximate surface area is 113 Å². The van der Waals surface area contributed by atoms with Crippen LogP contribution in [0.1, 0.15) is 50.4 Å². The van der Waals surface area contributed by atoms with Crippen LogP contribution in [0.3, 0.4) is 0 Å². The van der Waals surface area contributed by atoms with Crippen molar-refractivity contribution in [2.75, 3.05) is 5.32 Å². The van der Waals surface area contributed by atoms with E-state index >= 15 is 0 Å². The Morgan fingerprint density at radius 3 is 2.79 bits per heavy atom. The molecular weight excluding hydrogens is 242 g/mol. The van der Waals surface area contributed by atoms with Crippen molar-refractivity contribution in [1.82, 2.24) is 9.97 Å². The van der Waals surface area contributed by atoms with Crippen molar-refractivity contribution in [3.63, 3.8) is 0 Å². The molecule has 19 heavy (non-hydrogen) atoms. The van der Waals surface area contributed by atoms with Crippen LogP contribution >= 0.6 is 0 Å². The first-order valence-electron chi connectivity index (χ1n) is 6.82. The Morgan fingerprint density at radius 1 is 1.42 bits per heavy atom. The van der Waals surface area contributed by atoms with Gasteiger partial charge in [0.25, 0.3) is 0 Å². The minimum atomic E-state index is -0.730. The highest BCUT2D eigenvalue weighted by atomic mass is 16.4. The lowest BCUT2D eigenvalue weighted by Crippen LogP contribution is -2.30. The van der Waals surface area contributed by atoms with Crippen molar-refractivity contribution in [3.05, 3.63) is 17.5 Å². The summed E-state index contributed by atoms with van der Waals surface area (Å²) in [4.78, 5) is 20.0. The second-order valence-corrected chi connectivity index (χ2v) is 5.54. The number of aromatic nitrogens is 2. The van der Waals surface area contributed by atoms with E-state index in [2.05, 4.69) is 29.1 Å². The van der Waals surface area contributed by atoms with Gasteiger partial charge < -0.3 is 10.4 Å². The Hall–Kier alpha value is -1.65. The number of hydrogen-bond donors (Lipinski definition) is 2. The standard InChI is InChI=1S/C14H21N3O2/c1-8(2)12-7-9(3)15-14(17-12)16-11-6-4-5-10(11)13(18)19/h7-8,10-11H,4-6H2,1-3H3,(H,18,19)(H,15,16,17). The van der Waals surface area contributed by atoms with Crippen LogP contribution < -0.4 is 5.32 Å². The molecule has 1 aliphatic carbocycles. The largest absolute Gasteiger partial charge is 0.481 e. The van der Waals surface area contributed by atoms with Crippen LogP contribution in [0.15, 0.2) is 6.07 Å². The van der Waals surface area contributed by atoms with Crippen LogP contribution in [0.5, 0.6) is 0 Å². The molecule has 104 valence electrons. The van der Waals surface area contributed by atoms with E-state index in [4.69, 9.17) is 0 Å². The maximum absolute atomic E-state index is 11.2. The monoisotopic (exact) mass is 263 g/mol. The maximum Gasteiger partial charge on any atom is 0.308 e. The fourth-order valence-electron chi connectivity index (χ4n) is 2.55. The second kappa shape index (κ2) is 5.55. The highest BCUT2D eigenvalue weighted by molar-refractivity contribution is 5.72. The third kappa shape index (κ3) is 3.22. The second-order valence-electron chi connectivity index (χ2n) is 5.54. The average molecular weight is 263 g/mol. The van der Waals surface area contributed by atoms with Gasteiger partial charge in [-0.15, -0.1) is 0 Å². The summed E-state index contributed by atoms with van der Waals surface area (Å²) in [6, 6.07) is 1.92. The van der Waals surface area contributed by atoms with E-state index in [-0.39, 0.29) is 12.0 Å². The summed E-state index contributed by atoms with van der Waals surface area (Å²) in [5.41, 5.74) is 1.89. The van der Waals surface area contributed by atoms with E-state index in [1.807, 2.05) is 13.0 Å². The lowest BCUT2D eigenvalue weighted by molar-refractivity contribution is -0.141. The third-order valence-corrected chi connectivity index (χ3v) is 3.61. The van der Waals surface area contributed by atoms with Gasteiger partial charge in [-0.2, -0.15) is 0 Å². The molecule has 0 aliphatic heterocycles. The highest BCUT2D eigenvalue weighted by Crippen LogP contribution is 2.28. The predicted molar refractivity (Wildman–Crippen MR) is 73.2 cm³/mol. The first-order chi connectivity index (χ1) is 8.97. The maximum atomic E-state index is 11.2. The van der Waals surface area contributed by atoms with Crippen LogP contribution in [-0.4, -0.2) is 27.1 Å². The fourth-order valence-corrected chi connectivity index (χ4v) is 2.55. The molecule has 5 nitrogen and oxygen atoms in total. The molecule has 2 rings (SSSR count). The molecule has 1 heterocycles. The number of carbonyl (C=O) groups is 1. The summed E-state index contributed by atoms with van der Waals surface area (Å²) >= 11 is 0. The molecule has 0 saturated heterocycles. The van der Waals surface area contributed by atoms with Gasteiger partial charge in [-0.05, 0) is 31.7 Å². The van der Waals surface area contributed by atoms with Crippen LogP contribution in [-0.2, 0) is 4.79 Å². The van der Waals surface area contributed by atoms with Crippen LogP contribution in [0.4, 0.5) is 5.95 Å². The number of aryl methyl sites for hydroxylation is 1. The first kappa shape index (κ1) is 13.8. The van der Waals surface area contributed by atoms with Gasteiger partial charge in [-0.1, -0.05) is 20.3 Å². The topological polar surface area (TPSA) is 75.1 Å².